The molecule has 0 bridgehead atoms. The maximum Gasteiger partial charge on any atom is 0.255 e. The topological polar surface area (TPSA) is 72.5 Å². The maximum absolute atomic E-state index is 13.1. The number of carbonyl (C=O) groups is 1. The molecule has 32 heavy (non-hydrogen) atoms. The molecule has 0 unspecified atom stereocenters. The number of benzene rings is 3. The number of carbonyl (C=O) groups excluding carboxylic acids is 1. The molecule has 0 saturated carbocycles. The van der Waals surface area contributed by atoms with Gasteiger partial charge in [-0.3, -0.25) is 4.79 Å². The van der Waals surface area contributed by atoms with Crippen LogP contribution in [-0.2, 0) is 0 Å². The highest BCUT2D eigenvalue weighted by atomic mass is 32.1. The first-order valence-corrected chi connectivity index (χ1v) is 10.5. The van der Waals surface area contributed by atoms with Crippen LogP contribution in [0.2, 0.25) is 0 Å². The summed E-state index contributed by atoms with van der Waals surface area (Å²) in [5.41, 5.74) is 3.43. The number of hydrogen-bond donors (Lipinski definition) is 2. The lowest BCUT2D eigenvalue weighted by molar-refractivity contribution is 0.102. The van der Waals surface area contributed by atoms with Gasteiger partial charge in [0.05, 0.1) is 19.9 Å². The molecule has 4 rings (SSSR count). The molecule has 0 radical (unpaired) electrons. The van der Waals surface area contributed by atoms with E-state index in [1.807, 2.05) is 29.6 Å². The third-order valence-electron chi connectivity index (χ3n) is 4.63. The SMILES string of the molecule is COc1cc(OC)cc(C(=O)Nc2cccc(-c3csc(Nc4ccc(F)cc4)n3)c2)c1. The summed E-state index contributed by atoms with van der Waals surface area (Å²) >= 11 is 1.44. The Kier molecular flexibility index (Phi) is 6.32. The Labute approximate surface area is 188 Å². The van der Waals surface area contributed by atoms with Gasteiger partial charge in [0.1, 0.15) is 17.3 Å². The van der Waals surface area contributed by atoms with Crippen molar-refractivity contribution in [1.29, 1.82) is 0 Å². The van der Waals surface area contributed by atoms with Gasteiger partial charge in [0.25, 0.3) is 5.91 Å². The molecule has 6 nitrogen and oxygen atoms in total. The standard InChI is InChI=1S/C24H20FN3O3S/c1-30-20-11-16(12-21(13-20)31-2)23(29)26-19-5-3-4-15(10-19)22-14-32-24(28-22)27-18-8-6-17(25)7-9-18/h3-14H,1-2H3,(H,26,29)(H,27,28). The summed E-state index contributed by atoms with van der Waals surface area (Å²) in [7, 11) is 3.07. The zero-order valence-electron chi connectivity index (χ0n) is 17.4. The molecule has 0 saturated heterocycles. The van der Waals surface area contributed by atoms with Crippen LogP contribution in [0.25, 0.3) is 11.3 Å². The number of halogens is 1. The smallest absolute Gasteiger partial charge is 0.255 e. The van der Waals surface area contributed by atoms with Crippen LogP contribution in [0.4, 0.5) is 20.9 Å². The number of hydrogen-bond acceptors (Lipinski definition) is 6. The lowest BCUT2D eigenvalue weighted by Crippen LogP contribution is -2.12. The Balaban J connectivity index is 1.50. The highest BCUT2D eigenvalue weighted by molar-refractivity contribution is 7.14. The van der Waals surface area contributed by atoms with Crippen molar-refractivity contribution in [3.05, 3.63) is 83.5 Å². The van der Waals surface area contributed by atoms with E-state index in [2.05, 4.69) is 15.6 Å². The van der Waals surface area contributed by atoms with Crippen LogP contribution in [-0.4, -0.2) is 25.1 Å². The van der Waals surface area contributed by atoms with Gasteiger partial charge in [-0.2, -0.15) is 0 Å². The van der Waals surface area contributed by atoms with Gasteiger partial charge in [-0.15, -0.1) is 11.3 Å². The quantitative estimate of drug-likeness (QED) is 0.364. The average molecular weight is 450 g/mol. The summed E-state index contributed by atoms with van der Waals surface area (Å²) in [6.07, 6.45) is 0. The van der Waals surface area contributed by atoms with Gasteiger partial charge in [0, 0.05) is 33.9 Å². The number of rotatable bonds is 7. The van der Waals surface area contributed by atoms with Crippen molar-refractivity contribution in [3.63, 3.8) is 0 Å². The fourth-order valence-corrected chi connectivity index (χ4v) is 3.76. The predicted molar refractivity (Wildman–Crippen MR) is 125 cm³/mol. The number of anilines is 3. The lowest BCUT2D eigenvalue weighted by Gasteiger charge is -2.10. The molecule has 1 heterocycles. The number of ether oxygens (including phenoxy) is 2. The van der Waals surface area contributed by atoms with Gasteiger partial charge >= 0.3 is 0 Å². The van der Waals surface area contributed by atoms with Crippen molar-refractivity contribution in [3.8, 4) is 22.8 Å². The van der Waals surface area contributed by atoms with Gasteiger partial charge in [0.2, 0.25) is 0 Å². The second-order valence-corrected chi connectivity index (χ2v) is 7.66. The molecule has 8 heteroatoms. The van der Waals surface area contributed by atoms with Crippen molar-refractivity contribution < 1.29 is 18.7 Å². The first-order valence-electron chi connectivity index (χ1n) is 9.67. The van der Waals surface area contributed by atoms with E-state index in [1.165, 1.54) is 37.7 Å². The molecular weight excluding hydrogens is 429 g/mol. The Morgan fingerprint density at radius 2 is 1.66 bits per heavy atom. The molecule has 0 spiro atoms. The zero-order valence-corrected chi connectivity index (χ0v) is 18.2. The second kappa shape index (κ2) is 9.49. The van der Waals surface area contributed by atoms with Gasteiger partial charge in [0.15, 0.2) is 5.13 Å². The molecule has 2 N–H and O–H groups in total. The fraction of sp³-hybridized carbons (Fsp3) is 0.0833. The van der Waals surface area contributed by atoms with E-state index < -0.39 is 0 Å². The van der Waals surface area contributed by atoms with E-state index in [1.54, 1.807) is 30.3 Å². The van der Waals surface area contributed by atoms with E-state index in [4.69, 9.17) is 9.47 Å². The van der Waals surface area contributed by atoms with E-state index in [0.29, 0.717) is 27.9 Å². The lowest BCUT2D eigenvalue weighted by atomic mass is 10.1. The number of aromatic nitrogens is 1. The van der Waals surface area contributed by atoms with Crippen LogP contribution >= 0.6 is 11.3 Å². The zero-order chi connectivity index (χ0) is 22.5. The molecule has 162 valence electrons. The number of thiazole rings is 1. The Morgan fingerprint density at radius 3 is 2.34 bits per heavy atom. The van der Waals surface area contributed by atoms with Gasteiger partial charge < -0.3 is 20.1 Å². The highest BCUT2D eigenvalue weighted by Gasteiger charge is 2.12. The van der Waals surface area contributed by atoms with Crippen LogP contribution in [0.5, 0.6) is 11.5 Å². The maximum atomic E-state index is 13.1. The van der Waals surface area contributed by atoms with Crippen LogP contribution in [0.3, 0.4) is 0 Å². The molecule has 0 atom stereocenters. The van der Waals surface area contributed by atoms with E-state index in [-0.39, 0.29) is 11.7 Å². The molecule has 1 amide bonds. The molecule has 1 aromatic heterocycles. The summed E-state index contributed by atoms with van der Waals surface area (Å²) in [4.78, 5) is 17.3. The Bertz CT molecular complexity index is 1220. The van der Waals surface area contributed by atoms with Crippen molar-refractivity contribution in [1.82, 2.24) is 4.98 Å². The fourth-order valence-electron chi connectivity index (χ4n) is 3.02. The normalized spacial score (nSPS) is 10.5. The largest absolute Gasteiger partial charge is 0.497 e. The molecule has 0 fully saturated rings. The summed E-state index contributed by atoms with van der Waals surface area (Å²) in [6, 6.07) is 18.5. The van der Waals surface area contributed by atoms with Crippen molar-refractivity contribution in [2.45, 2.75) is 0 Å². The van der Waals surface area contributed by atoms with E-state index in [9.17, 15) is 9.18 Å². The Hall–Kier alpha value is -3.91. The third kappa shape index (κ3) is 5.04. The summed E-state index contributed by atoms with van der Waals surface area (Å²) in [6.45, 7) is 0. The van der Waals surface area contributed by atoms with Crippen LogP contribution in [0.1, 0.15) is 10.4 Å². The van der Waals surface area contributed by atoms with E-state index >= 15 is 0 Å². The van der Waals surface area contributed by atoms with Gasteiger partial charge in [-0.25, -0.2) is 9.37 Å². The van der Waals surface area contributed by atoms with E-state index in [0.717, 1.165) is 16.9 Å². The molecule has 4 aromatic rings. The number of nitrogens with zero attached hydrogens (tertiary/aromatic N) is 1. The molecular formula is C24H20FN3O3S. The average Bonchev–Trinajstić information content (AvgIpc) is 3.29. The van der Waals surface area contributed by atoms with Crippen molar-refractivity contribution >= 4 is 33.8 Å². The number of methoxy groups -OCH3 is 2. The van der Waals surface area contributed by atoms with Crippen LogP contribution < -0.4 is 20.1 Å². The number of nitrogens with one attached hydrogen (secondary N) is 2. The molecule has 0 aliphatic rings. The minimum absolute atomic E-state index is 0.281. The van der Waals surface area contributed by atoms with Crippen LogP contribution in [0, 0.1) is 5.82 Å². The third-order valence-corrected chi connectivity index (χ3v) is 5.39. The summed E-state index contributed by atoms with van der Waals surface area (Å²) < 4.78 is 23.5. The highest BCUT2D eigenvalue weighted by Crippen LogP contribution is 2.29. The Morgan fingerprint density at radius 1 is 0.938 bits per heavy atom. The van der Waals surface area contributed by atoms with Crippen molar-refractivity contribution in [2.75, 3.05) is 24.9 Å². The predicted octanol–water partition coefficient (Wildman–Crippen LogP) is 5.96. The van der Waals surface area contributed by atoms with Gasteiger partial charge in [-0.1, -0.05) is 12.1 Å². The monoisotopic (exact) mass is 449 g/mol. The minimum atomic E-state index is -0.290. The molecule has 3 aromatic carbocycles. The molecule has 0 aliphatic heterocycles. The first kappa shape index (κ1) is 21.3. The second-order valence-electron chi connectivity index (χ2n) is 6.81. The number of amides is 1. The molecule has 0 aliphatic carbocycles. The summed E-state index contributed by atoms with van der Waals surface area (Å²) in [5.74, 6) is 0.497. The van der Waals surface area contributed by atoms with Crippen LogP contribution in [0.15, 0.2) is 72.1 Å². The minimum Gasteiger partial charge on any atom is -0.497 e. The summed E-state index contributed by atoms with van der Waals surface area (Å²) in [5, 5.41) is 8.66. The first-order chi connectivity index (χ1) is 15.5. The van der Waals surface area contributed by atoms with Crippen molar-refractivity contribution in [2.24, 2.45) is 0 Å². The van der Waals surface area contributed by atoms with Gasteiger partial charge in [-0.05, 0) is 48.5 Å².